The minimum Gasteiger partial charge on any atom is -0.497 e. The van der Waals surface area contributed by atoms with Crippen LogP contribution in [0.2, 0.25) is 0 Å². The Morgan fingerprint density at radius 1 is 1.19 bits per heavy atom. The van der Waals surface area contributed by atoms with Crippen LogP contribution in [0.25, 0.3) is 0 Å². The molecule has 0 radical (unpaired) electrons. The number of rotatable bonds is 6. The van der Waals surface area contributed by atoms with E-state index in [0.29, 0.717) is 25.1 Å². The summed E-state index contributed by atoms with van der Waals surface area (Å²) in [6.45, 7) is 0.834. The molecule has 2 aromatic carbocycles. The van der Waals surface area contributed by atoms with Crippen LogP contribution in [0.15, 0.2) is 53.7 Å². The lowest BCUT2D eigenvalue weighted by Crippen LogP contribution is -2.26. The van der Waals surface area contributed by atoms with Crippen molar-refractivity contribution in [3.05, 3.63) is 65.2 Å². The molecule has 0 aliphatic carbocycles. The number of hydrogen-bond acceptors (Lipinski definition) is 4. The minimum atomic E-state index is -4.33. The summed E-state index contributed by atoms with van der Waals surface area (Å²) in [6.07, 6.45) is -3.83. The summed E-state index contributed by atoms with van der Waals surface area (Å²) in [5, 5.41) is 7.23. The van der Waals surface area contributed by atoms with Crippen LogP contribution in [0.3, 0.4) is 0 Å². The smallest absolute Gasteiger partial charge is 0.416 e. The third kappa shape index (κ3) is 4.54. The number of benzene rings is 2. The highest BCUT2D eigenvalue weighted by atomic mass is 19.4. The highest BCUT2D eigenvalue weighted by Crippen LogP contribution is 2.29. The van der Waals surface area contributed by atoms with Gasteiger partial charge in [0.1, 0.15) is 11.9 Å². The Hall–Kier alpha value is -2.54. The molecular formula is C19H19F3N2O2. The minimum absolute atomic E-state index is 0.141. The third-order valence-corrected chi connectivity index (χ3v) is 4.11. The third-order valence-electron chi connectivity index (χ3n) is 4.11. The summed E-state index contributed by atoms with van der Waals surface area (Å²) in [7, 11) is 1.61. The van der Waals surface area contributed by atoms with Gasteiger partial charge in [-0.2, -0.15) is 13.2 Å². The Bertz CT molecular complexity index is 773. The van der Waals surface area contributed by atoms with Gasteiger partial charge in [0.05, 0.1) is 18.4 Å². The van der Waals surface area contributed by atoms with Crippen LogP contribution in [0.5, 0.6) is 5.75 Å². The largest absolute Gasteiger partial charge is 0.497 e. The fourth-order valence-electron chi connectivity index (χ4n) is 2.73. The van der Waals surface area contributed by atoms with Crippen LogP contribution in [0.1, 0.15) is 23.1 Å². The first-order valence-electron chi connectivity index (χ1n) is 8.19. The van der Waals surface area contributed by atoms with Crippen molar-refractivity contribution < 1.29 is 22.7 Å². The summed E-state index contributed by atoms with van der Waals surface area (Å²) in [5.74, 6) is 0.771. The van der Waals surface area contributed by atoms with Gasteiger partial charge >= 0.3 is 6.18 Å². The van der Waals surface area contributed by atoms with Gasteiger partial charge in [-0.15, -0.1) is 0 Å². The Kier molecular flexibility index (Phi) is 5.46. The zero-order valence-electron chi connectivity index (χ0n) is 14.2. The first-order chi connectivity index (χ1) is 12.5. The van der Waals surface area contributed by atoms with E-state index in [1.807, 2.05) is 24.3 Å². The van der Waals surface area contributed by atoms with Gasteiger partial charge in [-0.3, -0.25) is 0 Å². The maximum atomic E-state index is 12.7. The van der Waals surface area contributed by atoms with Gasteiger partial charge in [0.15, 0.2) is 0 Å². The van der Waals surface area contributed by atoms with Gasteiger partial charge in [-0.1, -0.05) is 23.4 Å². The highest BCUT2D eigenvalue weighted by molar-refractivity contribution is 6.01. The standard InChI is InChI=1S/C19H19F3N2O2/c1-25-16-7-5-14(6-8-16)18-10-17(26-24-18)12-23-11-13-3-2-4-15(9-13)19(20,21)22/h2-9,17,23H,10-12H2,1H3. The number of methoxy groups -OCH3 is 1. The molecule has 1 aliphatic heterocycles. The average molecular weight is 364 g/mol. The Balaban J connectivity index is 1.48. The molecule has 1 N–H and O–H groups in total. The molecule has 1 aliphatic rings. The molecule has 0 amide bonds. The lowest BCUT2D eigenvalue weighted by atomic mass is 10.0. The normalized spacial score (nSPS) is 16.9. The van der Waals surface area contributed by atoms with Crippen LogP contribution >= 0.6 is 0 Å². The second kappa shape index (κ2) is 7.78. The second-order valence-corrected chi connectivity index (χ2v) is 6.03. The molecule has 2 aromatic rings. The summed E-state index contributed by atoms with van der Waals surface area (Å²) in [5.41, 5.74) is 1.75. The first-order valence-corrected chi connectivity index (χ1v) is 8.19. The molecule has 7 heteroatoms. The highest BCUT2D eigenvalue weighted by Gasteiger charge is 2.30. The van der Waals surface area contributed by atoms with Gasteiger partial charge in [0, 0.05) is 19.5 Å². The van der Waals surface area contributed by atoms with Crippen molar-refractivity contribution in [3.63, 3.8) is 0 Å². The first kappa shape index (κ1) is 18.3. The molecule has 0 bridgehead atoms. The van der Waals surface area contributed by atoms with Crippen molar-refractivity contribution >= 4 is 5.71 Å². The molecule has 138 valence electrons. The van der Waals surface area contributed by atoms with Crippen molar-refractivity contribution in [3.8, 4) is 5.75 Å². The lowest BCUT2D eigenvalue weighted by molar-refractivity contribution is -0.137. The monoisotopic (exact) mass is 364 g/mol. The molecule has 0 fully saturated rings. The van der Waals surface area contributed by atoms with Crippen LogP contribution in [0.4, 0.5) is 13.2 Å². The number of ether oxygens (including phenoxy) is 1. The van der Waals surface area contributed by atoms with Gasteiger partial charge < -0.3 is 14.9 Å². The van der Waals surface area contributed by atoms with Gasteiger partial charge in [0.25, 0.3) is 0 Å². The van der Waals surface area contributed by atoms with Crippen LogP contribution in [-0.2, 0) is 17.6 Å². The molecule has 1 unspecified atom stereocenters. The van der Waals surface area contributed by atoms with Gasteiger partial charge in [-0.05, 0) is 41.5 Å². The predicted molar refractivity (Wildman–Crippen MR) is 92.2 cm³/mol. The fourth-order valence-corrected chi connectivity index (χ4v) is 2.73. The van der Waals surface area contributed by atoms with Crippen LogP contribution in [0, 0.1) is 0 Å². The van der Waals surface area contributed by atoms with E-state index in [4.69, 9.17) is 9.57 Å². The van der Waals surface area contributed by atoms with Crippen molar-refractivity contribution in [2.24, 2.45) is 5.16 Å². The van der Waals surface area contributed by atoms with Crippen LogP contribution in [-0.4, -0.2) is 25.5 Å². The maximum absolute atomic E-state index is 12.7. The quantitative estimate of drug-likeness (QED) is 0.843. The molecule has 4 nitrogen and oxygen atoms in total. The molecule has 3 rings (SSSR count). The number of alkyl halides is 3. The number of halogens is 3. The Morgan fingerprint density at radius 3 is 2.65 bits per heavy atom. The molecule has 1 atom stereocenters. The zero-order chi connectivity index (χ0) is 18.6. The van der Waals surface area contributed by atoms with Crippen molar-refractivity contribution in [2.75, 3.05) is 13.7 Å². The maximum Gasteiger partial charge on any atom is 0.416 e. The van der Waals surface area contributed by atoms with Crippen molar-refractivity contribution in [1.29, 1.82) is 0 Å². The van der Waals surface area contributed by atoms with E-state index in [1.165, 1.54) is 6.07 Å². The summed E-state index contributed by atoms with van der Waals surface area (Å²) >= 11 is 0. The number of oxime groups is 1. The van der Waals surface area contributed by atoms with Crippen molar-refractivity contribution in [1.82, 2.24) is 5.32 Å². The molecule has 1 heterocycles. The van der Waals surface area contributed by atoms with E-state index in [-0.39, 0.29) is 6.10 Å². The number of nitrogens with one attached hydrogen (secondary N) is 1. The lowest BCUT2D eigenvalue weighted by Gasteiger charge is -2.11. The Labute approximate surface area is 149 Å². The molecule has 0 saturated heterocycles. The SMILES string of the molecule is COc1ccc(C2=NOC(CNCc3cccc(C(F)(F)F)c3)C2)cc1. The van der Waals surface area contributed by atoms with Gasteiger partial charge in [0.2, 0.25) is 0 Å². The number of nitrogens with zero attached hydrogens (tertiary/aromatic N) is 1. The predicted octanol–water partition coefficient (Wildman–Crippen LogP) is 4.00. The number of hydrogen-bond donors (Lipinski definition) is 1. The van der Waals surface area contributed by atoms with E-state index >= 15 is 0 Å². The summed E-state index contributed by atoms with van der Waals surface area (Å²) in [4.78, 5) is 5.41. The fraction of sp³-hybridized carbons (Fsp3) is 0.316. The molecule has 0 aromatic heterocycles. The van der Waals surface area contributed by atoms with E-state index in [0.717, 1.165) is 29.2 Å². The van der Waals surface area contributed by atoms with E-state index in [2.05, 4.69) is 10.5 Å². The topological polar surface area (TPSA) is 42.9 Å². The van der Waals surface area contributed by atoms with E-state index < -0.39 is 11.7 Å². The molecule has 0 spiro atoms. The van der Waals surface area contributed by atoms with Crippen LogP contribution < -0.4 is 10.1 Å². The van der Waals surface area contributed by atoms with Gasteiger partial charge in [-0.25, -0.2) is 0 Å². The summed E-state index contributed by atoms with van der Waals surface area (Å²) < 4.78 is 43.3. The average Bonchev–Trinajstić information content (AvgIpc) is 3.10. The Morgan fingerprint density at radius 2 is 1.96 bits per heavy atom. The molecule has 0 saturated carbocycles. The van der Waals surface area contributed by atoms with Crippen molar-refractivity contribution in [2.45, 2.75) is 25.2 Å². The van der Waals surface area contributed by atoms with E-state index in [9.17, 15) is 13.2 Å². The molecule has 26 heavy (non-hydrogen) atoms. The van der Waals surface area contributed by atoms with E-state index in [1.54, 1.807) is 13.2 Å². The second-order valence-electron chi connectivity index (χ2n) is 6.03. The molecular weight excluding hydrogens is 345 g/mol. The summed E-state index contributed by atoms with van der Waals surface area (Å²) in [6, 6.07) is 12.8. The zero-order valence-corrected chi connectivity index (χ0v) is 14.2.